The van der Waals surface area contributed by atoms with E-state index in [0.717, 1.165) is 20.9 Å². The smallest absolute Gasteiger partial charge is 0.306 e. The van der Waals surface area contributed by atoms with Crippen LogP contribution in [0.25, 0.3) is 0 Å². The van der Waals surface area contributed by atoms with E-state index in [1.165, 1.54) is 0 Å². The van der Waals surface area contributed by atoms with E-state index in [4.69, 9.17) is 16.3 Å². The van der Waals surface area contributed by atoms with E-state index < -0.39 is 18.5 Å². The van der Waals surface area contributed by atoms with Crippen molar-refractivity contribution in [3.8, 4) is 0 Å². The molecule has 0 aliphatic carbocycles. The molecular weight excluding hydrogens is 472 g/mol. The molecule has 176 valence electrons. The summed E-state index contributed by atoms with van der Waals surface area (Å²) >= 11 is 7.49. The fourth-order valence-electron chi connectivity index (χ4n) is 3.09. The highest BCUT2D eigenvalue weighted by Crippen LogP contribution is 2.29. The third kappa shape index (κ3) is 7.93. The maximum Gasteiger partial charge on any atom is 0.306 e. The van der Waals surface area contributed by atoms with Crippen LogP contribution >= 0.6 is 23.4 Å². The van der Waals surface area contributed by atoms with Gasteiger partial charge < -0.3 is 15.4 Å². The van der Waals surface area contributed by atoms with Gasteiger partial charge in [0.1, 0.15) is 0 Å². The zero-order chi connectivity index (χ0) is 24.5. The minimum atomic E-state index is -0.610. The molecule has 0 aromatic heterocycles. The third-order valence-corrected chi connectivity index (χ3v) is 6.12. The van der Waals surface area contributed by atoms with Crippen LogP contribution in [0.1, 0.15) is 24.0 Å². The van der Waals surface area contributed by atoms with E-state index in [1.807, 2.05) is 68.4 Å². The van der Waals surface area contributed by atoms with Crippen molar-refractivity contribution in [2.45, 2.75) is 36.5 Å². The number of rotatable bonds is 9. The Morgan fingerprint density at radius 3 is 2.00 bits per heavy atom. The zero-order valence-electron chi connectivity index (χ0n) is 18.9. The molecule has 0 saturated carbocycles. The summed E-state index contributed by atoms with van der Waals surface area (Å²) in [6.45, 7) is 3.37. The fourth-order valence-corrected chi connectivity index (χ4v) is 4.03. The molecule has 2 amide bonds. The van der Waals surface area contributed by atoms with Gasteiger partial charge in [-0.25, -0.2) is 0 Å². The summed E-state index contributed by atoms with van der Waals surface area (Å²) in [5.74, 6) is -1.34. The molecule has 0 atom stereocenters. The normalized spacial score (nSPS) is 10.4. The van der Waals surface area contributed by atoms with E-state index in [9.17, 15) is 14.4 Å². The molecule has 0 heterocycles. The topological polar surface area (TPSA) is 84.5 Å². The number of ether oxygens (including phenoxy) is 1. The minimum Gasteiger partial charge on any atom is -0.456 e. The second kappa shape index (κ2) is 12.3. The van der Waals surface area contributed by atoms with E-state index in [0.29, 0.717) is 16.4 Å². The van der Waals surface area contributed by atoms with Gasteiger partial charge in [0.2, 0.25) is 5.91 Å². The van der Waals surface area contributed by atoms with Gasteiger partial charge in [-0.2, -0.15) is 0 Å². The molecule has 0 unspecified atom stereocenters. The van der Waals surface area contributed by atoms with Crippen molar-refractivity contribution in [1.29, 1.82) is 0 Å². The Kier molecular flexibility index (Phi) is 9.13. The van der Waals surface area contributed by atoms with E-state index in [2.05, 4.69) is 10.6 Å². The van der Waals surface area contributed by atoms with Crippen molar-refractivity contribution in [3.63, 3.8) is 0 Å². The van der Waals surface area contributed by atoms with Crippen LogP contribution in [0.5, 0.6) is 0 Å². The second-order valence-corrected chi connectivity index (χ2v) is 9.19. The Labute approximate surface area is 208 Å². The van der Waals surface area contributed by atoms with Crippen LogP contribution in [0.2, 0.25) is 5.02 Å². The molecule has 34 heavy (non-hydrogen) atoms. The van der Waals surface area contributed by atoms with Gasteiger partial charge in [-0.1, -0.05) is 41.6 Å². The number of hydrogen-bond donors (Lipinski definition) is 2. The largest absolute Gasteiger partial charge is 0.456 e. The number of aryl methyl sites for hydroxylation is 2. The summed E-state index contributed by atoms with van der Waals surface area (Å²) in [6.07, 6.45) is -0.161. The minimum absolute atomic E-state index is 0.0430. The van der Waals surface area contributed by atoms with Crippen molar-refractivity contribution < 1.29 is 19.1 Å². The molecule has 0 radical (unpaired) electrons. The van der Waals surface area contributed by atoms with Crippen LogP contribution in [-0.2, 0) is 19.1 Å². The van der Waals surface area contributed by atoms with Crippen molar-refractivity contribution >= 4 is 52.5 Å². The lowest BCUT2D eigenvalue weighted by molar-refractivity contribution is -0.147. The molecule has 0 aliphatic heterocycles. The first-order valence-corrected chi connectivity index (χ1v) is 11.8. The number of halogens is 1. The number of para-hydroxylation sites is 1. The van der Waals surface area contributed by atoms with Gasteiger partial charge in [0.25, 0.3) is 5.91 Å². The number of amides is 2. The van der Waals surface area contributed by atoms with Gasteiger partial charge in [-0.3, -0.25) is 14.4 Å². The first-order chi connectivity index (χ1) is 16.3. The van der Waals surface area contributed by atoms with Crippen LogP contribution in [0.15, 0.2) is 76.5 Å². The quantitative estimate of drug-likeness (QED) is 0.354. The SMILES string of the molecule is Cc1cccc(C)c1NC(=O)COC(=O)CCC(=O)Nc1ccc(Sc2ccc(Cl)cc2)cc1. The van der Waals surface area contributed by atoms with Crippen molar-refractivity contribution in [1.82, 2.24) is 0 Å². The number of benzene rings is 3. The first-order valence-electron chi connectivity index (χ1n) is 10.6. The molecule has 3 rings (SSSR count). The van der Waals surface area contributed by atoms with Gasteiger partial charge in [0.15, 0.2) is 6.61 Å². The lowest BCUT2D eigenvalue weighted by Crippen LogP contribution is -2.22. The molecular formula is C26H25ClN2O4S. The van der Waals surface area contributed by atoms with Crippen LogP contribution < -0.4 is 10.6 Å². The van der Waals surface area contributed by atoms with Crippen molar-refractivity contribution in [3.05, 3.63) is 82.9 Å². The van der Waals surface area contributed by atoms with Crippen molar-refractivity contribution in [2.75, 3.05) is 17.2 Å². The Bertz CT molecular complexity index is 1140. The maximum atomic E-state index is 12.2. The predicted molar refractivity (Wildman–Crippen MR) is 135 cm³/mol. The number of anilines is 2. The van der Waals surface area contributed by atoms with Gasteiger partial charge in [-0.05, 0) is 73.5 Å². The van der Waals surface area contributed by atoms with Crippen LogP contribution in [0.3, 0.4) is 0 Å². The average molecular weight is 497 g/mol. The number of nitrogens with one attached hydrogen (secondary N) is 2. The van der Waals surface area contributed by atoms with Gasteiger partial charge in [0, 0.05) is 32.6 Å². The summed E-state index contributed by atoms with van der Waals surface area (Å²) in [6, 6.07) is 20.6. The number of hydrogen-bond acceptors (Lipinski definition) is 5. The number of carbonyl (C=O) groups excluding carboxylic acids is 3. The Hall–Kier alpha value is -3.29. The number of carbonyl (C=O) groups is 3. The lowest BCUT2D eigenvalue weighted by Gasteiger charge is -2.11. The molecule has 2 N–H and O–H groups in total. The maximum absolute atomic E-state index is 12.2. The van der Waals surface area contributed by atoms with Crippen LogP contribution in [0, 0.1) is 13.8 Å². The summed E-state index contributed by atoms with van der Waals surface area (Å²) < 4.78 is 4.99. The van der Waals surface area contributed by atoms with E-state index in [1.54, 1.807) is 23.9 Å². The molecule has 8 heteroatoms. The predicted octanol–water partition coefficient (Wildman–Crippen LogP) is 6.01. The summed E-state index contributed by atoms with van der Waals surface area (Å²) in [5.41, 5.74) is 3.19. The van der Waals surface area contributed by atoms with Gasteiger partial charge in [-0.15, -0.1) is 0 Å². The molecule has 0 aliphatic rings. The second-order valence-electron chi connectivity index (χ2n) is 7.60. The van der Waals surface area contributed by atoms with E-state index >= 15 is 0 Å². The molecule has 0 spiro atoms. The van der Waals surface area contributed by atoms with E-state index in [-0.39, 0.29) is 18.7 Å². The molecule has 6 nitrogen and oxygen atoms in total. The number of esters is 1. The summed E-state index contributed by atoms with van der Waals surface area (Å²) in [4.78, 5) is 38.3. The van der Waals surface area contributed by atoms with Crippen LogP contribution in [0.4, 0.5) is 11.4 Å². The molecule has 3 aromatic rings. The van der Waals surface area contributed by atoms with Crippen LogP contribution in [-0.4, -0.2) is 24.4 Å². The summed E-state index contributed by atoms with van der Waals surface area (Å²) in [5, 5.41) is 6.19. The monoisotopic (exact) mass is 496 g/mol. The highest BCUT2D eigenvalue weighted by Gasteiger charge is 2.12. The molecule has 0 fully saturated rings. The Morgan fingerprint density at radius 1 is 0.794 bits per heavy atom. The average Bonchev–Trinajstić information content (AvgIpc) is 2.81. The molecule has 0 bridgehead atoms. The fraction of sp³-hybridized carbons (Fsp3) is 0.192. The highest BCUT2D eigenvalue weighted by molar-refractivity contribution is 7.99. The Morgan fingerprint density at radius 2 is 1.38 bits per heavy atom. The van der Waals surface area contributed by atoms with Crippen molar-refractivity contribution in [2.24, 2.45) is 0 Å². The standard InChI is InChI=1S/C26H25ClN2O4S/c1-17-4-3-5-18(2)26(17)29-24(31)16-33-25(32)15-14-23(30)28-20-8-12-22(13-9-20)34-21-10-6-19(27)7-11-21/h3-13H,14-16H2,1-2H3,(H,28,30)(H,29,31). The summed E-state index contributed by atoms with van der Waals surface area (Å²) in [7, 11) is 0. The zero-order valence-corrected chi connectivity index (χ0v) is 20.5. The lowest BCUT2D eigenvalue weighted by atomic mass is 10.1. The molecule has 0 saturated heterocycles. The van der Waals surface area contributed by atoms with Gasteiger partial charge in [0.05, 0.1) is 6.42 Å². The first kappa shape index (κ1) is 25.3. The third-order valence-electron chi connectivity index (χ3n) is 4.85. The Balaban J connectivity index is 1.38. The molecule has 3 aromatic carbocycles. The van der Waals surface area contributed by atoms with Gasteiger partial charge >= 0.3 is 5.97 Å². The highest BCUT2D eigenvalue weighted by atomic mass is 35.5.